The monoisotopic (exact) mass is 629 g/mol. The lowest BCUT2D eigenvalue weighted by Gasteiger charge is -2.30. The molecule has 44 heavy (non-hydrogen) atoms. The first kappa shape index (κ1) is 31.9. The van der Waals surface area contributed by atoms with Crippen LogP contribution in [0, 0.1) is 0 Å². The number of nitrogen functional groups attached to an aromatic ring is 1. The molecular formula is C32H38F3N5O3S. The third kappa shape index (κ3) is 8.15. The second kappa shape index (κ2) is 14.5. The number of aromatic nitrogens is 2. The molecule has 1 aromatic heterocycles. The van der Waals surface area contributed by atoms with E-state index < -0.39 is 11.7 Å². The van der Waals surface area contributed by atoms with Gasteiger partial charge in [-0.05, 0) is 87.2 Å². The molecule has 1 saturated carbocycles. The maximum atomic E-state index is 13.8. The number of thioether (sulfide) groups is 1. The quantitative estimate of drug-likeness (QED) is 0.144. The van der Waals surface area contributed by atoms with Gasteiger partial charge in [-0.15, -0.1) is 0 Å². The first-order valence-electron chi connectivity index (χ1n) is 15.1. The number of carbonyl (C=O) groups excluding carboxylic acids is 1. The number of nitrogens with one attached hydrogen (secondary N) is 1. The molecule has 0 unspecified atom stereocenters. The van der Waals surface area contributed by atoms with Crippen molar-refractivity contribution >= 4 is 23.4 Å². The smallest absolute Gasteiger partial charge is 0.416 e. The van der Waals surface area contributed by atoms with Gasteiger partial charge in [0.15, 0.2) is 5.16 Å². The summed E-state index contributed by atoms with van der Waals surface area (Å²) in [6.07, 6.45) is 2.53. The van der Waals surface area contributed by atoms with Crippen LogP contribution in [0.25, 0.3) is 5.69 Å². The summed E-state index contributed by atoms with van der Waals surface area (Å²) in [6.45, 7) is 2.50. The standard InChI is InChI=1S/C32H38F3N5O3S/c33-32(34,35)22-7-13-25(14-8-22)43-20-3-1-2-17-37-18-15-29(41)39-19-16-28-27(21-39)30(42)40(24-11-9-23(36)10-12-24)31(38-28)44-26-5-4-6-26/h7-14,26,37H,1-6,15-21,36H2. The van der Waals surface area contributed by atoms with Crippen LogP contribution < -0.4 is 21.3 Å². The van der Waals surface area contributed by atoms with Crippen molar-refractivity contribution in [2.24, 2.45) is 0 Å². The second-order valence-corrected chi connectivity index (χ2v) is 12.5. The van der Waals surface area contributed by atoms with Gasteiger partial charge in [-0.2, -0.15) is 13.2 Å². The third-order valence-corrected chi connectivity index (χ3v) is 9.28. The number of carbonyl (C=O) groups is 1. The van der Waals surface area contributed by atoms with Crippen molar-refractivity contribution in [1.29, 1.82) is 0 Å². The van der Waals surface area contributed by atoms with E-state index in [0.717, 1.165) is 62.2 Å². The Morgan fingerprint density at radius 3 is 2.48 bits per heavy atom. The molecule has 3 aromatic rings. The van der Waals surface area contributed by atoms with Crippen molar-refractivity contribution in [3.63, 3.8) is 0 Å². The van der Waals surface area contributed by atoms with E-state index in [9.17, 15) is 22.8 Å². The van der Waals surface area contributed by atoms with Gasteiger partial charge in [-0.1, -0.05) is 18.2 Å². The number of benzene rings is 2. The number of rotatable bonds is 13. The van der Waals surface area contributed by atoms with E-state index in [4.69, 9.17) is 15.5 Å². The molecule has 2 heterocycles. The van der Waals surface area contributed by atoms with Gasteiger partial charge in [0.1, 0.15) is 5.75 Å². The number of nitrogens with zero attached hydrogens (tertiary/aromatic N) is 3. The number of hydrogen-bond acceptors (Lipinski definition) is 7. The molecule has 0 atom stereocenters. The highest BCUT2D eigenvalue weighted by Gasteiger charge is 2.30. The topological polar surface area (TPSA) is 102 Å². The van der Waals surface area contributed by atoms with Crippen LogP contribution in [0.15, 0.2) is 58.5 Å². The molecule has 2 aliphatic rings. The average molecular weight is 630 g/mol. The fraction of sp³-hybridized carbons (Fsp3) is 0.469. The van der Waals surface area contributed by atoms with Crippen LogP contribution in [0.2, 0.25) is 0 Å². The molecule has 1 amide bonds. The lowest BCUT2D eigenvalue weighted by Crippen LogP contribution is -2.42. The number of alkyl halides is 3. The summed E-state index contributed by atoms with van der Waals surface area (Å²) >= 11 is 1.66. The normalized spacial score (nSPS) is 15.1. The molecule has 1 aliphatic heterocycles. The largest absolute Gasteiger partial charge is 0.494 e. The SMILES string of the molecule is Nc1ccc(-n2c(SC3CCC3)nc3c(c2=O)CN(C(=O)CCNCCCCCOc2ccc(C(F)(F)F)cc2)CC3)cc1. The number of unbranched alkanes of at least 4 members (excludes halogenated alkanes) is 2. The Morgan fingerprint density at radius 1 is 1.05 bits per heavy atom. The molecule has 3 N–H and O–H groups in total. The maximum Gasteiger partial charge on any atom is 0.416 e. The van der Waals surface area contributed by atoms with Crippen LogP contribution in [0.4, 0.5) is 18.9 Å². The van der Waals surface area contributed by atoms with Crippen molar-refractivity contribution in [2.45, 2.75) is 74.5 Å². The van der Waals surface area contributed by atoms with E-state index in [1.54, 1.807) is 33.4 Å². The Hall–Kier alpha value is -3.51. The summed E-state index contributed by atoms with van der Waals surface area (Å²) in [5.41, 5.74) is 7.77. The van der Waals surface area contributed by atoms with Crippen LogP contribution in [-0.4, -0.2) is 51.8 Å². The number of ether oxygens (including phenoxy) is 1. The van der Waals surface area contributed by atoms with Gasteiger partial charge in [0.05, 0.1) is 35.7 Å². The van der Waals surface area contributed by atoms with Crippen LogP contribution in [0.3, 0.4) is 0 Å². The average Bonchev–Trinajstić information content (AvgIpc) is 2.98. The molecule has 2 aromatic carbocycles. The summed E-state index contributed by atoms with van der Waals surface area (Å²) in [4.78, 5) is 33.5. The van der Waals surface area contributed by atoms with Gasteiger partial charge >= 0.3 is 6.18 Å². The summed E-state index contributed by atoms with van der Waals surface area (Å²) in [5.74, 6) is 0.419. The van der Waals surface area contributed by atoms with Gasteiger partial charge in [-0.25, -0.2) is 4.98 Å². The summed E-state index contributed by atoms with van der Waals surface area (Å²) in [7, 11) is 0. The van der Waals surface area contributed by atoms with Crippen molar-refractivity contribution < 1.29 is 22.7 Å². The first-order chi connectivity index (χ1) is 21.2. The van der Waals surface area contributed by atoms with Crippen molar-refractivity contribution in [2.75, 3.05) is 32.0 Å². The Kier molecular flexibility index (Phi) is 10.5. The van der Waals surface area contributed by atoms with E-state index in [2.05, 4.69) is 5.32 Å². The van der Waals surface area contributed by atoms with Gasteiger partial charge in [0.2, 0.25) is 5.91 Å². The molecule has 8 nitrogen and oxygen atoms in total. The van der Waals surface area contributed by atoms with Crippen LogP contribution in [0.1, 0.15) is 61.8 Å². The van der Waals surface area contributed by atoms with E-state index in [1.807, 2.05) is 12.1 Å². The lowest BCUT2D eigenvalue weighted by atomic mass is 10.0. The molecule has 236 valence electrons. The van der Waals surface area contributed by atoms with Crippen LogP contribution in [-0.2, 0) is 23.9 Å². The zero-order valence-electron chi connectivity index (χ0n) is 24.6. The van der Waals surface area contributed by atoms with E-state index in [0.29, 0.717) is 59.9 Å². The van der Waals surface area contributed by atoms with Crippen molar-refractivity contribution in [3.8, 4) is 11.4 Å². The predicted octanol–water partition coefficient (Wildman–Crippen LogP) is 5.59. The number of nitrogens with two attached hydrogens (primary N) is 1. The highest BCUT2D eigenvalue weighted by Crippen LogP contribution is 2.36. The van der Waals surface area contributed by atoms with E-state index >= 15 is 0 Å². The minimum Gasteiger partial charge on any atom is -0.494 e. The minimum absolute atomic E-state index is 0.000513. The van der Waals surface area contributed by atoms with E-state index in [-0.39, 0.29) is 18.0 Å². The first-order valence-corrected chi connectivity index (χ1v) is 16.0. The fourth-order valence-corrected chi connectivity index (χ4v) is 6.50. The number of amides is 1. The van der Waals surface area contributed by atoms with Gasteiger partial charge in [0, 0.05) is 36.9 Å². The molecular weight excluding hydrogens is 591 g/mol. The zero-order chi connectivity index (χ0) is 31.1. The Morgan fingerprint density at radius 2 is 1.80 bits per heavy atom. The van der Waals surface area contributed by atoms with Gasteiger partial charge < -0.3 is 20.7 Å². The fourth-order valence-electron chi connectivity index (χ4n) is 5.17. The molecule has 0 radical (unpaired) electrons. The molecule has 0 saturated heterocycles. The number of fused-ring (bicyclic) bond motifs is 1. The predicted molar refractivity (Wildman–Crippen MR) is 165 cm³/mol. The van der Waals surface area contributed by atoms with E-state index in [1.165, 1.54) is 18.6 Å². The maximum absolute atomic E-state index is 13.8. The summed E-state index contributed by atoms with van der Waals surface area (Å²) < 4.78 is 45.2. The van der Waals surface area contributed by atoms with Crippen molar-refractivity contribution in [1.82, 2.24) is 19.8 Å². The van der Waals surface area contributed by atoms with Crippen LogP contribution >= 0.6 is 11.8 Å². The summed E-state index contributed by atoms with van der Waals surface area (Å²) in [6, 6.07) is 11.9. The molecule has 1 aliphatic carbocycles. The zero-order valence-corrected chi connectivity index (χ0v) is 25.4. The van der Waals surface area contributed by atoms with Gasteiger partial charge in [-0.3, -0.25) is 14.2 Å². The minimum atomic E-state index is -4.35. The lowest BCUT2D eigenvalue weighted by molar-refractivity contribution is -0.137. The second-order valence-electron chi connectivity index (χ2n) is 11.2. The summed E-state index contributed by atoms with van der Waals surface area (Å²) in [5, 5.41) is 4.48. The third-order valence-electron chi connectivity index (χ3n) is 7.99. The molecule has 1 fully saturated rings. The molecule has 0 spiro atoms. The number of anilines is 1. The highest BCUT2D eigenvalue weighted by atomic mass is 32.2. The van der Waals surface area contributed by atoms with Crippen LogP contribution in [0.5, 0.6) is 5.75 Å². The Balaban J connectivity index is 1.06. The Labute approximate surface area is 259 Å². The molecule has 12 heteroatoms. The molecule has 0 bridgehead atoms. The molecule has 5 rings (SSSR count). The number of halogens is 3. The van der Waals surface area contributed by atoms with Gasteiger partial charge in [0.25, 0.3) is 5.56 Å². The van der Waals surface area contributed by atoms with Crippen molar-refractivity contribution in [3.05, 3.63) is 75.7 Å². The number of hydrogen-bond donors (Lipinski definition) is 2. The Bertz CT molecular complexity index is 1470. The highest BCUT2D eigenvalue weighted by molar-refractivity contribution is 7.99.